The summed E-state index contributed by atoms with van der Waals surface area (Å²) < 4.78 is 2.76. The molecule has 0 spiro atoms. The highest BCUT2D eigenvalue weighted by Gasteiger charge is 2.28. The SMILES string of the molecule is CCn1nc(-c2ccccn2)c(C(CCC=O)c2ccc(Br)cc2)c1NC(C)=O. The van der Waals surface area contributed by atoms with Crippen LogP contribution in [0.5, 0.6) is 0 Å². The Labute approximate surface area is 178 Å². The van der Waals surface area contributed by atoms with Crippen molar-refractivity contribution < 1.29 is 9.59 Å². The second kappa shape index (κ2) is 9.60. The number of carbonyl (C=O) groups excluding carboxylic acids is 2. The molecule has 3 aromatic rings. The Morgan fingerprint density at radius 2 is 2.00 bits per heavy atom. The van der Waals surface area contributed by atoms with Crippen molar-refractivity contribution in [1.29, 1.82) is 0 Å². The van der Waals surface area contributed by atoms with Crippen molar-refractivity contribution in [2.75, 3.05) is 5.32 Å². The van der Waals surface area contributed by atoms with Crippen molar-refractivity contribution >= 4 is 33.9 Å². The molecule has 7 heteroatoms. The van der Waals surface area contributed by atoms with Crippen LogP contribution in [0.25, 0.3) is 11.4 Å². The molecule has 0 aliphatic heterocycles. The number of halogens is 1. The maximum Gasteiger partial charge on any atom is 0.222 e. The molecule has 0 bridgehead atoms. The summed E-state index contributed by atoms with van der Waals surface area (Å²) in [6.07, 6.45) is 3.66. The third kappa shape index (κ3) is 4.79. The van der Waals surface area contributed by atoms with E-state index in [1.54, 1.807) is 10.9 Å². The predicted molar refractivity (Wildman–Crippen MR) is 117 cm³/mol. The van der Waals surface area contributed by atoms with Gasteiger partial charge < -0.3 is 10.1 Å². The van der Waals surface area contributed by atoms with Gasteiger partial charge in [-0.25, -0.2) is 4.68 Å². The molecule has 6 nitrogen and oxygen atoms in total. The summed E-state index contributed by atoms with van der Waals surface area (Å²) in [6.45, 7) is 4.05. The van der Waals surface area contributed by atoms with Gasteiger partial charge in [-0.3, -0.25) is 9.78 Å². The Balaban J connectivity index is 2.25. The van der Waals surface area contributed by atoms with Crippen LogP contribution >= 0.6 is 15.9 Å². The van der Waals surface area contributed by atoms with E-state index in [0.29, 0.717) is 25.2 Å². The molecule has 150 valence electrons. The van der Waals surface area contributed by atoms with Gasteiger partial charge in [0.05, 0.1) is 5.69 Å². The van der Waals surface area contributed by atoms with Gasteiger partial charge in [0.25, 0.3) is 0 Å². The molecule has 0 aliphatic rings. The number of nitrogens with zero attached hydrogens (tertiary/aromatic N) is 3. The molecule has 1 amide bonds. The van der Waals surface area contributed by atoms with Gasteiger partial charge in [0, 0.05) is 42.0 Å². The van der Waals surface area contributed by atoms with Crippen LogP contribution in [0, 0.1) is 0 Å². The monoisotopic (exact) mass is 454 g/mol. The number of benzene rings is 1. The number of amides is 1. The minimum absolute atomic E-state index is 0.118. The normalized spacial score (nSPS) is 11.8. The molecule has 0 fully saturated rings. The lowest BCUT2D eigenvalue weighted by molar-refractivity contribution is -0.114. The predicted octanol–water partition coefficient (Wildman–Crippen LogP) is 4.80. The third-order valence-corrected chi connectivity index (χ3v) is 5.21. The second-order valence-corrected chi connectivity index (χ2v) is 7.59. The molecule has 3 rings (SSSR count). The minimum atomic E-state index is -0.168. The highest BCUT2D eigenvalue weighted by atomic mass is 79.9. The lowest BCUT2D eigenvalue weighted by Crippen LogP contribution is -2.14. The molecule has 1 N–H and O–H groups in total. The minimum Gasteiger partial charge on any atom is -0.311 e. The van der Waals surface area contributed by atoms with Crippen LogP contribution in [0.2, 0.25) is 0 Å². The Bertz CT molecular complexity index is 984. The fourth-order valence-electron chi connectivity index (χ4n) is 3.43. The fraction of sp³-hybridized carbons (Fsp3) is 0.273. The van der Waals surface area contributed by atoms with Gasteiger partial charge in [-0.15, -0.1) is 0 Å². The van der Waals surface area contributed by atoms with Gasteiger partial charge in [-0.2, -0.15) is 5.10 Å². The molecule has 1 atom stereocenters. The maximum atomic E-state index is 12.0. The van der Waals surface area contributed by atoms with Gasteiger partial charge in [0.1, 0.15) is 17.8 Å². The van der Waals surface area contributed by atoms with E-state index < -0.39 is 0 Å². The topological polar surface area (TPSA) is 76.9 Å². The Kier molecular flexibility index (Phi) is 6.93. The van der Waals surface area contributed by atoms with Gasteiger partial charge in [0.15, 0.2) is 0 Å². The Hall–Kier alpha value is -2.80. The van der Waals surface area contributed by atoms with E-state index in [4.69, 9.17) is 5.10 Å². The molecule has 1 aromatic carbocycles. The fourth-order valence-corrected chi connectivity index (χ4v) is 3.70. The standard InChI is InChI=1S/C22H23BrN4O2/c1-3-27-22(25-15(2)29)20(21(26-27)19-8-4-5-13-24-19)18(7-6-14-28)16-9-11-17(23)12-10-16/h4-5,8-14,18H,3,6-7H2,1-2H3,(H,25,29). The van der Waals surface area contributed by atoms with Crippen LogP contribution in [0.3, 0.4) is 0 Å². The van der Waals surface area contributed by atoms with Gasteiger partial charge in [0.2, 0.25) is 5.91 Å². The number of nitrogens with one attached hydrogen (secondary N) is 1. The number of aldehydes is 1. The van der Waals surface area contributed by atoms with Gasteiger partial charge in [-0.1, -0.05) is 34.1 Å². The highest BCUT2D eigenvalue weighted by Crippen LogP contribution is 2.40. The van der Waals surface area contributed by atoms with E-state index in [-0.39, 0.29) is 11.8 Å². The van der Waals surface area contributed by atoms with E-state index in [9.17, 15) is 9.59 Å². The molecule has 1 unspecified atom stereocenters. The molecule has 0 aliphatic carbocycles. The smallest absolute Gasteiger partial charge is 0.222 e. The third-order valence-electron chi connectivity index (χ3n) is 4.68. The zero-order valence-corrected chi connectivity index (χ0v) is 18.0. The van der Waals surface area contributed by atoms with Crippen LogP contribution in [-0.2, 0) is 16.1 Å². The molecule has 0 radical (unpaired) electrons. The Morgan fingerprint density at radius 3 is 2.59 bits per heavy atom. The summed E-state index contributed by atoms with van der Waals surface area (Å²) in [6, 6.07) is 13.7. The summed E-state index contributed by atoms with van der Waals surface area (Å²) in [7, 11) is 0. The van der Waals surface area contributed by atoms with E-state index >= 15 is 0 Å². The van der Waals surface area contributed by atoms with Crippen molar-refractivity contribution in [2.24, 2.45) is 0 Å². The largest absolute Gasteiger partial charge is 0.311 e. The summed E-state index contributed by atoms with van der Waals surface area (Å²) >= 11 is 3.48. The van der Waals surface area contributed by atoms with Crippen LogP contribution in [-0.4, -0.2) is 27.0 Å². The number of aromatic nitrogens is 3. The quantitative estimate of drug-likeness (QED) is 0.496. The number of aryl methyl sites for hydroxylation is 1. The molecule has 0 saturated carbocycles. The summed E-state index contributed by atoms with van der Waals surface area (Å²) in [5.41, 5.74) is 3.38. The van der Waals surface area contributed by atoms with E-state index in [2.05, 4.69) is 26.2 Å². The van der Waals surface area contributed by atoms with Crippen molar-refractivity contribution in [3.63, 3.8) is 0 Å². The number of rotatable bonds is 8. The first kappa shape index (κ1) is 20.9. The van der Waals surface area contributed by atoms with Crippen molar-refractivity contribution in [1.82, 2.24) is 14.8 Å². The average Bonchev–Trinajstić information content (AvgIpc) is 3.08. The number of anilines is 1. The molecule has 2 heterocycles. The van der Waals surface area contributed by atoms with Crippen molar-refractivity contribution in [3.8, 4) is 11.4 Å². The Morgan fingerprint density at radius 1 is 1.24 bits per heavy atom. The molecule has 0 saturated heterocycles. The summed E-state index contributed by atoms with van der Waals surface area (Å²) in [5.74, 6) is 0.366. The zero-order valence-electron chi connectivity index (χ0n) is 16.4. The molecular weight excluding hydrogens is 432 g/mol. The zero-order chi connectivity index (χ0) is 20.8. The van der Waals surface area contributed by atoms with Crippen molar-refractivity contribution in [2.45, 2.75) is 39.2 Å². The molecule has 29 heavy (non-hydrogen) atoms. The number of hydrogen-bond acceptors (Lipinski definition) is 4. The van der Waals surface area contributed by atoms with Crippen molar-refractivity contribution in [3.05, 3.63) is 64.3 Å². The van der Waals surface area contributed by atoms with Gasteiger partial charge in [-0.05, 0) is 43.2 Å². The van der Waals surface area contributed by atoms with Crippen LogP contribution in [0.1, 0.15) is 43.7 Å². The number of pyridine rings is 1. The molecule has 2 aromatic heterocycles. The number of hydrogen-bond donors (Lipinski definition) is 1. The summed E-state index contributed by atoms with van der Waals surface area (Å²) in [5, 5.41) is 7.72. The molecular formula is C22H23BrN4O2. The second-order valence-electron chi connectivity index (χ2n) is 6.67. The lowest BCUT2D eigenvalue weighted by atomic mass is 9.86. The van der Waals surface area contributed by atoms with Gasteiger partial charge >= 0.3 is 0 Å². The first-order valence-corrected chi connectivity index (χ1v) is 10.3. The maximum absolute atomic E-state index is 12.0. The number of carbonyl (C=O) groups is 2. The summed E-state index contributed by atoms with van der Waals surface area (Å²) in [4.78, 5) is 27.6. The lowest BCUT2D eigenvalue weighted by Gasteiger charge is -2.19. The van der Waals surface area contributed by atoms with Crippen LogP contribution < -0.4 is 5.32 Å². The van der Waals surface area contributed by atoms with Crippen LogP contribution in [0.15, 0.2) is 53.1 Å². The highest BCUT2D eigenvalue weighted by molar-refractivity contribution is 9.10. The van der Waals surface area contributed by atoms with E-state index in [1.807, 2.05) is 49.4 Å². The van der Waals surface area contributed by atoms with Crippen LogP contribution in [0.4, 0.5) is 5.82 Å². The average molecular weight is 455 g/mol. The first-order valence-electron chi connectivity index (χ1n) is 9.54. The van der Waals surface area contributed by atoms with E-state index in [1.165, 1.54) is 6.92 Å². The van der Waals surface area contributed by atoms with E-state index in [0.717, 1.165) is 33.3 Å². The first-order chi connectivity index (χ1) is 14.0.